The number of fused-ring (bicyclic) bond motifs is 1. The van der Waals surface area contributed by atoms with Gasteiger partial charge in [0.2, 0.25) is 0 Å². The molecule has 3 rings (SSSR count). The second kappa shape index (κ2) is 7.11. The topological polar surface area (TPSA) is 92.4 Å². The normalized spacial score (nSPS) is 13.7. The van der Waals surface area contributed by atoms with Crippen molar-refractivity contribution in [1.29, 1.82) is 0 Å². The van der Waals surface area contributed by atoms with Crippen LogP contribution in [0.1, 0.15) is 33.9 Å². The van der Waals surface area contributed by atoms with Crippen LogP contribution in [0.5, 0.6) is 0 Å². The zero-order chi connectivity index (χ0) is 19.1. The van der Waals surface area contributed by atoms with Crippen molar-refractivity contribution in [3.63, 3.8) is 0 Å². The van der Waals surface area contributed by atoms with E-state index in [9.17, 15) is 18.1 Å². The van der Waals surface area contributed by atoms with Crippen LogP contribution in [-0.4, -0.2) is 16.0 Å². The second-order valence-corrected chi connectivity index (χ2v) is 8.34. The van der Waals surface area contributed by atoms with Crippen LogP contribution in [0.3, 0.4) is 0 Å². The van der Waals surface area contributed by atoms with Gasteiger partial charge < -0.3 is 9.84 Å². The lowest BCUT2D eigenvalue weighted by atomic mass is 10.1. The van der Waals surface area contributed by atoms with Gasteiger partial charge in [0.15, 0.2) is 0 Å². The molecule has 0 radical (unpaired) electrons. The lowest BCUT2D eigenvalue weighted by Crippen LogP contribution is -2.26. The predicted molar refractivity (Wildman–Crippen MR) is 95.6 cm³/mol. The summed E-state index contributed by atoms with van der Waals surface area (Å²) in [6.45, 7) is 1.73. The van der Waals surface area contributed by atoms with E-state index < -0.39 is 30.5 Å². The number of alkyl halides is 2. The summed E-state index contributed by atoms with van der Waals surface area (Å²) in [5, 5.41) is 6.84. The number of amides is 1. The van der Waals surface area contributed by atoms with Gasteiger partial charge in [-0.25, -0.2) is 0 Å². The van der Waals surface area contributed by atoms with Crippen molar-refractivity contribution in [3.8, 4) is 0 Å². The van der Waals surface area contributed by atoms with Gasteiger partial charge in [-0.15, -0.1) is 20.1 Å². The summed E-state index contributed by atoms with van der Waals surface area (Å²) < 4.78 is 44.0. The Morgan fingerprint density at radius 2 is 2.19 bits per heavy atom. The number of benzene rings is 1. The van der Waals surface area contributed by atoms with Crippen molar-refractivity contribution in [3.05, 3.63) is 51.1 Å². The fourth-order valence-electron chi connectivity index (χ4n) is 2.29. The van der Waals surface area contributed by atoms with Crippen molar-refractivity contribution >= 4 is 51.3 Å². The lowest BCUT2D eigenvalue weighted by molar-refractivity contribution is 0.0849. The number of rotatable bonds is 5. The number of nitrogens with one attached hydrogen (secondary N) is 1. The third-order valence-electron chi connectivity index (χ3n) is 3.65. The Morgan fingerprint density at radius 1 is 1.46 bits per heavy atom. The van der Waals surface area contributed by atoms with Crippen LogP contribution in [0, 0.1) is 0 Å². The van der Waals surface area contributed by atoms with Gasteiger partial charge in [0, 0.05) is 21.7 Å². The number of hydrogen-bond acceptors (Lipinski definition) is 5. The van der Waals surface area contributed by atoms with E-state index in [-0.39, 0.29) is 10.0 Å². The molecule has 0 aliphatic carbocycles. The largest absolute Gasteiger partial charge is 0.590 e. The van der Waals surface area contributed by atoms with Crippen LogP contribution >= 0.6 is 35.3 Å². The Hall–Kier alpha value is -1.74. The van der Waals surface area contributed by atoms with Crippen LogP contribution in [0.15, 0.2) is 39.5 Å². The van der Waals surface area contributed by atoms with Crippen molar-refractivity contribution in [2.24, 2.45) is 0 Å². The third-order valence-corrected chi connectivity index (χ3v) is 6.83. The molecule has 2 N–H and O–H groups in total. The summed E-state index contributed by atoms with van der Waals surface area (Å²) in [5.41, 5.74) is -3.07. The van der Waals surface area contributed by atoms with Gasteiger partial charge in [-0.1, -0.05) is 5.16 Å². The molecule has 0 fully saturated rings. The first-order valence-electron chi connectivity index (χ1n) is 7.19. The highest BCUT2D eigenvalue weighted by molar-refractivity contribution is 9.10. The summed E-state index contributed by atoms with van der Waals surface area (Å²) >= 11 is 3.76. The van der Waals surface area contributed by atoms with Gasteiger partial charge in [-0.05, 0) is 45.6 Å². The first-order chi connectivity index (χ1) is 12.2. The Bertz CT molecular complexity index is 993. The average Bonchev–Trinajstić information content (AvgIpc) is 3.23. The predicted octanol–water partition coefficient (Wildman–Crippen LogP) is 4.93. The summed E-state index contributed by atoms with van der Waals surface area (Å²) in [7, 11) is -3.72. The van der Waals surface area contributed by atoms with E-state index >= 15 is 0 Å². The molecule has 6 nitrogen and oxygen atoms in total. The number of aromatic nitrogens is 1. The standard InChI is InChI=1S/C15H10BrF2N2O4PS/c1-7(10-4-5-24-20-10)19-14(21)8-2-3-11-9(6-8)12(16)13(26-11)15(17,18)25(22)23/h2-7H,1H3,(H-,19,21,22,23)/p+1. The minimum Gasteiger partial charge on any atom is -0.364 e. The van der Waals surface area contributed by atoms with E-state index in [4.69, 9.17) is 9.42 Å². The lowest BCUT2D eigenvalue weighted by Gasteiger charge is -2.11. The van der Waals surface area contributed by atoms with E-state index in [0.29, 0.717) is 27.1 Å². The van der Waals surface area contributed by atoms with Gasteiger partial charge in [0.25, 0.3) is 5.91 Å². The van der Waals surface area contributed by atoms with Crippen LogP contribution in [0.25, 0.3) is 10.1 Å². The third kappa shape index (κ3) is 3.42. The van der Waals surface area contributed by atoms with Crippen LogP contribution in [0.4, 0.5) is 8.78 Å². The van der Waals surface area contributed by atoms with Crippen LogP contribution in [-0.2, 0) is 10.2 Å². The number of thiophene rings is 1. The second-order valence-electron chi connectivity index (χ2n) is 5.39. The van der Waals surface area contributed by atoms with E-state index in [1.165, 1.54) is 24.5 Å². The van der Waals surface area contributed by atoms with Crippen LogP contribution in [0.2, 0.25) is 0 Å². The van der Waals surface area contributed by atoms with E-state index in [2.05, 4.69) is 26.4 Å². The molecular formula is C15H11BrF2N2O4PS+. The van der Waals surface area contributed by atoms with Gasteiger partial charge in [-0.3, -0.25) is 4.79 Å². The van der Waals surface area contributed by atoms with Crippen molar-refractivity contribution in [2.75, 3.05) is 0 Å². The summed E-state index contributed by atoms with van der Waals surface area (Å²) in [6.07, 6.45) is 1.39. The van der Waals surface area contributed by atoms with Gasteiger partial charge in [0.1, 0.15) is 16.8 Å². The molecule has 2 heterocycles. The fraction of sp³-hybridized carbons (Fsp3) is 0.200. The van der Waals surface area contributed by atoms with Gasteiger partial charge in [0.05, 0.1) is 10.5 Å². The Labute approximate surface area is 159 Å². The molecule has 2 unspecified atom stereocenters. The molecule has 0 saturated heterocycles. The first-order valence-corrected chi connectivity index (χ1v) is 10.0. The minimum absolute atomic E-state index is 0.000834. The van der Waals surface area contributed by atoms with Crippen molar-refractivity contribution < 1.29 is 27.6 Å². The van der Waals surface area contributed by atoms with Gasteiger partial charge in [-0.2, -0.15) is 4.89 Å². The molecule has 1 amide bonds. The molecule has 0 aliphatic heterocycles. The van der Waals surface area contributed by atoms with E-state index in [0.717, 1.165) is 0 Å². The number of hydrogen-bond donors (Lipinski definition) is 2. The highest BCUT2D eigenvalue weighted by Gasteiger charge is 2.56. The molecule has 3 aromatic rings. The molecule has 0 saturated carbocycles. The highest BCUT2D eigenvalue weighted by atomic mass is 79.9. The van der Waals surface area contributed by atoms with E-state index in [1.807, 2.05) is 0 Å². The molecule has 136 valence electrons. The Morgan fingerprint density at radius 3 is 2.81 bits per heavy atom. The maximum absolute atomic E-state index is 13.9. The molecule has 2 atom stereocenters. The zero-order valence-corrected chi connectivity index (χ0v) is 16.4. The minimum atomic E-state index is -3.87. The zero-order valence-electron chi connectivity index (χ0n) is 13.1. The summed E-state index contributed by atoms with van der Waals surface area (Å²) in [4.78, 5) is 20.7. The first kappa shape index (κ1) is 19.0. The Kier molecular flexibility index (Phi) is 5.21. The quantitative estimate of drug-likeness (QED) is 0.523. The van der Waals surface area contributed by atoms with Gasteiger partial charge >= 0.3 is 13.7 Å². The van der Waals surface area contributed by atoms with Crippen molar-refractivity contribution in [1.82, 2.24) is 10.5 Å². The maximum atomic E-state index is 13.9. The number of carbonyl (C=O) groups is 1. The molecule has 0 bridgehead atoms. The number of halogens is 3. The SMILES string of the molecule is CC(NC(=O)c1ccc2sc(C(F)(F)[P+](=O)O)c(Br)c2c1)c1ccon1. The van der Waals surface area contributed by atoms with E-state index in [1.54, 1.807) is 13.0 Å². The maximum Gasteiger partial charge on any atom is 0.590 e. The molecule has 2 aromatic heterocycles. The number of carbonyl (C=O) groups excluding carboxylic acids is 1. The monoisotopic (exact) mass is 463 g/mol. The smallest absolute Gasteiger partial charge is 0.364 e. The molecule has 26 heavy (non-hydrogen) atoms. The molecular weight excluding hydrogens is 453 g/mol. The Balaban J connectivity index is 1.93. The number of nitrogens with zero attached hydrogens (tertiary/aromatic N) is 1. The molecule has 0 spiro atoms. The molecule has 1 aromatic carbocycles. The summed E-state index contributed by atoms with van der Waals surface area (Å²) in [5.74, 6) is -0.415. The molecule has 0 aliphatic rings. The average molecular weight is 464 g/mol. The highest BCUT2D eigenvalue weighted by Crippen LogP contribution is 2.54. The van der Waals surface area contributed by atoms with Crippen LogP contribution < -0.4 is 5.32 Å². The molecule has 11 heteroatoms. The summed E-state index contributed by atoms with van der Waals surface area (Å²) in [6, 6.07) is 5.68. The van der Waals surface area contributed by atoms with Crippen molar-refractivity contribution in [2.45, 2.75) is 18.6 Å². The fourth-order valence-corrected chi connectivity index (χ4v) is 5.00.